The average Bonchev–Trinajstić information content (AvgIpc) is 2.79. The zero-order valence-electron chi connectivity index (χ0n) is 12.4. The minimum absolute atomic E-state index is 0.607. The van der Waals surface area contributed by atoms with Crippen LogP contribution in [0.25, 0.3) is 32.7 Å². The second-order valence-electron chi connectivity index (χ2n) is 6.09. The van der Waals surface area contributed by atoms with Crippen LogP contribution in [0.15, 0.2) is 54.7 Å². The molecule has 4 rings (SSSR count). The highest BCUT2D eigenvalue weighted by Gasteiger charge is 2.13. The lowest BCUT2D eigenvalue weighted by Crippen LogP contribution is -2.03. The topological polar surface area (TPSA) is 17.8 Å². The smallest absolute Gasteiger partial charge is 0.0959 e. The zero-order valence-corrected chi connectivity index (χ0v) is 12.4. The van der Waals surface area contributed by atoms with Crippen LogP contribution < -0.4 is 0 Å². The maximum atomic E-state index is 4.62. The van der Waals surface area contributed by atoms with E-state index < -0.39 is 0 Å². The molecule has 2 aromatic carbocycles. The largest absolute Gasteiger partial charge is 0.339 e. The molecule has 2 nitrogen and oxygen atoms in total. The van der Waals surface area contributed by atoms with Crippen molar-refractivity contribution in [1.29, 1.82) is 0 Å². The number of pyridine rings is 1. The summed E-state index contributed by atoms with van der Waals surface area (Å²) in [6.07, 6.45) is 1.89. The van der Waals surface area contributed by atoms with Gasteiger partial charge in [0.05, 0.1) is 16.6 Å². The van der Waals surface area contributed by atoms with Gasteiger partial charge < -0.3 is 4.57 Å². The number of nitrogens with zero attached hydrogens (tertiary/aromatic N) is 2. The minimum atomic E-state index is 0.607. The molecule has 0 aliphatic rings. The van der Waals surface area contributed by atoms with Crippen LogP contribution in [0.3, 0.4) is 0 Å². The molecule has 0 aliphatic carbocycles. The van der Waals surface area contributed by atoms with Crippen molar-refractivity contribution in [2.24, 2.45) is 5.92 Å². The SMILES string of the molecule is CC(C)Cn1c2cc3ccccc3cc2c2ncccc21. The molecule has 0 aliphatic heterocycles. The Morgan fingerprint density at radius 1 is 0.952 bits per heavy atom. The van der Waals surface area contributed by atoms with Crippen molar-refractivity contribution in [3.05, 3.63) is 54.7 Å². The van der Waals surface area contributed by atoms with E-state index in [1.165, 1.54) is 27.2 Å². The maximum Gasteiger partial charge on any atom is 0.0959 e. The number of aromatic nitrogens is 2. The van der Waals surface area contributed by atoms with Crippen LogP contribution in [0.2, 0.25) is 0 Å². The van der Waals surface area contributed by atoms with E-state index in [0.29, 0.717) is 5.92 Å². The van der Waals surface area contributed by atoms with Crippen molar-refractivity contribution in [3.63, 3.8) is 0 Å². The molecule has 2 heteroatoms. The van der Waals surface area contributed by atoms with Gasteiger partial charge in [0.25, 0.3) is 0 Å². The van der Waals surface area contributed by atoms with Gasteiger partial charge in [0.1, 0.15) is 0 Å². The minimum Gasteiger partial charge on any atom is -0.339 e. The Hall–Kier alpha value is -2.35. The van der Waals surface area contributed by atoms with Gasteiger partial charge in [0, 0.05) is 18.1 Å². The first kappa shape index (κ1) is 12.4. The Labute approximate surface area is 124 Å². The monoisotopic (exact) mass is 274 g/mol. The predicted octanol–water partition coefficient (Wildman–Crippen LogP) is 5.00. The molecule has 21 heavy (non-hydrogen) atoms. The van der Waals surface area contributed by atoms with Gasteiger partial charge >= 0.3 is 0 Å². The second kappa shape index (κ2) is 4.59. The van der Waals surface area contributed by atoms with E-state index in [4.69, 9.17) is 0 Å². The Morgan fingerprint density at radius 3 is 2.48 bits per heavy atom. The lowest BCUT2D eigenvalue weighted by molar-refractivity contribution is 0.545. The third-order valence-electron chi connectivity index (χ3n) is 4.03. The normalized spacial score (nSPS) is 12.0. The number of hydrogen-bond donors (Lipinski definition) is 0. The molecule has 0 fully saturated rings. The third-order valence-corrected chi connectivity index (χ3v) is 4.03. The van der Waals surface area contributed by atoms with Crippen molar-refractivity contribution in [3.8, 4) is 0 Å². The Morgan fingerprint density at radius 2 is 1.71 bits per heavy atom. The van der Waals surface area contributed by atoms with Gasteiger partial charge in [0.2, 0.25) is 0 Å². The van der Waals surface area contributed by atoms with Gasteiger partial charge in [-0.25, -0.2) is 0 Å². The van der Waals surface area contributed by atoms with Gasteiger partial charge in [-0.05, 0) is 41.0 Å². The summed E-state index contributed by atoms with van der Waals surface area (Å²) in [5.74, 6) is 0.607. The van der Waals surface area contributed by atoms with Crippen LogP contribution in [-0.4, -0.2) is 9.55 Å². The molecule has 2 heterocycles. The molecule has 4 aromatic rings. The summed E-state index contributed by atoms with van der Waals surface area (Å²) in [4.78, 5) is 4.62. The van der Waals surface area contributed by atoms with Gasteiger partial charge in [-0.15, -0.1) is 0 Å². The summed E-state index contributed by atoms with van der Waals surface area (Å²) in [6.45, 7) is 5.54. The van der Waals surface area contributed by atoms with Gasteiger partial charge in [0.15, 0.2) is 0 Å². The van der Waals surface area contributed by atoms with Crippen molar-refractivity contribution in [2.45, 2.75) is 20.4 Å². The summed E-state index contributed by atoms with van der Waals surface area (Å²) in [5, 5.41) is 3.82. The number of fused-ring (bicyclic) bond motifs is 4. The first-order chi connectivity index (χ1) is 10.2. The summed E-state index contributed by atoms with van der Waals surface area (Å²) >= 11 is 0. The number of hydrogen-bond acceptors (Lipinski definition) is 1. The third kappa shape index (κ3) is 1.90. The molecule has 0 amide bonds. The van der Waals surface area contributed by atoms with E-state index in [1.54, 1.807) is 0 Å². The summed E-state index contributed by atoms with van der Waals surface area (Å²) in [6, 6.07) is 17.3. The summed E-state index contributed by atoms with van der Waals surface area (Å²) in [5.41, 5.74) is 3.63. The maximum absolute atomic E-state index is 4.62. The molecular weight excluding hydrogens is 256 g/mol. The van der Waals surface area contributed by atoms with E-state index in [1.807, 2.05) is 12.3 Å². The molecule has 0 spiro atoms. The fourth-order valence-corrected chi connectivity index (χ4v) is 3.16. The summed E-state index contributed by atoms with van der Waals surface area (Å²) < 4.78 is 2.41. The van der Waals surface area contributed by atoms with Crippen LogP contribution in [0.4, 0.5) is 0 Å². The van der Waals surface area contributed by atoms with Crippen molar-refractivity contribution in [2.75, 3.05) is 0 Å². The van der Waals surface area contributed by atoms with Crippen molar-refractivity contribution < 1.29 is 0 Å². The van der Waals surface area contributed by atoms with Crippen molar-refractivity contribution >= 4 is 32.7 Å². The molecule has 0 unspecified atom stereocenters. The highest BCUT2D eigenvalue weighted by molar-refractivity contribution is 6.10. The highest BCUT2D eigenvalue weighted by Crippen LogP contribution is 2.31. The number of rotatable bonds is 2. The van der Waals surface area contributed by atoms with Gasteiger partial charge in [-0.1, -0.05) is 38.1 Å². The first-order valence-corrected chi connectivity index (χ1v) is 7.50. The predicted molar refractivity (Wildman–Crippen MR) is 89.6 cm³/mol. The molecule has 0 atom stereocenters. The average molecular weight is 274 g/mol. The van der Waals surface area contributed by atoms with Crippen LogP contribution in [-0.2, 0) is 6.54 Å². The first-order valence-electron chi connectivity index (χ1n) is 7.50. The standard InChI is InChI=1S/C19H18N2/c1-13(2)12-21-17-8-5-9-20-19(17)16-10-14-6-3-4-7-15(14)11-18(16)21/h3-11,13H,12H2,1-2H3. The van der Waals surface area contributed by atoms with Crippen LogP contribution >= 0.6 is 0 Å². The van der Waals surface area contributed by atoms with E-state index in [9.17, 15) is 0 Å². The molecule has 0 saturated carbocycles. The Kier molecular flexibility index (Phi) is 2.71. The van der Waals surface area contributed by atoms with Crippen LogP contribution in [0.1, 0.15) is 13.8 Å². The fourth-order valence-electron chi connectivity index (χ4n) is 3.16. The van der Waals surface area contributed by atoms with Gasteiger partial charge in [-0.3, -0.25) is 4.98 Å². The molecule has 0 radical (unpaired) electrons. The summed E-state index contributed by atoms with van der Waals surface area (Å²) in [7, 11) is 0. The second-order valence-corrected chi connectivity index (χ2v) is 6.09. The van der Waals surface area contributed by atoms with Gasteiger partial charge in [-0.2, -0.15) is 0 Å². The zero-order chi connectivity index (χ0) is 14.4. The lowest BCUT2D eigenvalue weighted by Gasteiger charge is -2.10. The number of benzene rings is 2. The van der Waals surface area contributed by atoms with E-state index in [0.717, 1.165) is 12.1 Å². The fraction of sp³-hybridized carbons (Fsp3) is 0.211. The Balaban J connectivity index is 2.18. The molecular formula is C19H18N2. The van der Waals surface area contributed by atoms with Crippen LogP contribution in [0, 0.1) is 5.92 Å². The molecule has 104 valence electrons. The van der Waals surface area contributed by atoms with E-state index in [2.05, 4.69) is 65.9 Å². The van der Waals surface area contributed by atoms with E-state index >= 15 is 0 Å². The Bertz CT molecular complexity index is 948. The molecule has 2 aromatic heterocycles. The molecule has 0 bridgehead atoms. The van der Waals surface area contributed by atoms with Crippen LogP contribution in [0.5, 0.6) is 0 Å². The van der Waals surface area contributed by atoms with Crippen molar-refractivity contribution in [1.82, 2.24) is 9.55 Å². The van der Waals surface area contributed by atoms with E-state index in [-0.39, 0.29) is 0 Å². The highest BCUT2D eigenvalue weighted by atomic mass is 15.0. The quantitative estimate of drug-likeness (QED) is 0.503. The molecule has 0 N–H and O–H groups in total. The molecule has 0 saturated heterocycles. The lowest BCUT2D eigenvalue weighted by atomic mass is 10.1.